The first kappa shape index (κ1) is 16.2. The molecule has 0 N–H and O–H groups in total. The van der Waals surface area contributed by atoms with Crippen LogP contribution in [0.1, 0.15) is 19.8 Å². The molecule has 0 radical (unpaired) electrons. The topological polar surface area (TPSA) is 38.1 Å². The minimum absolute atomic E-state index is 0.0406. The van der Waals surface area contributed by atoms with E-state index >= 15 is 0 Å². The van der Waals surface area contributed by atoms with E-state index in [1.165, 1.54) is 6.42 Å². The van der Waals surface area contributed by atoms with Crippen molar-refractivity contribution in [1.29, 1.82) is 0 Å². The summed E-state index contributed by atoms with van der Waals surface area (Å²) < 4.78 is 1.72. The van der Waals surface area contributed by atoms with E-state index in [0.29, 0.717) is 16.3 Å². The van der Waals surface area contributed by atoms with Crippen molar-refractivity contribution >= 4 is 28.5 Å². The molecular weight excluding hydrogens is 334 g/mol. The SMILES string of the molecule is CC1CCCN(c2nc3ccccc3c(=O)n2-c2ccc(Cl)cc2)C1. The van der Waals surface area contributed by atoms with Gasteiger partial charge >= 0.3 is 0 Å². The Morgan fingerprint density at radius 2 is 1.88 bits per heavy atom. The molecule has 1 aliphatic rings. The van der Waals surface area contributed by atoms with Crippen molar-refractivity contribution in [2.45, 2.75) is 19.8 Å². The predicted octanol–water partition coefficient (Wildman–Crippen LogP) is 4.28. The molecule has 1 aliphatic heterocycles. The van der Waals surface area contributed by atoms with Crippen molar-refractivity contribution in [2.75, 3.05) is 18.0 Å². The van der Waals surface area contributed by atoms with Gasteiger partial charge in [-0.2, -0.15) is 0 Å². The lowest BCUT2D eigenvalue weighted by molar-refractivity contribution is 0.440. The van der Waals surface area contributed by atoms with Crippen molar-refractivity contribution in [2.24, 2.45) is 5.92 Å². The fourth-order valence-corrected chi connectivity index (χ4v) is 3.65. The standard InChI is InChI=1S/C20H20ClN3O/c1-14-5-4-12-23(13-14)20-22-18-7-3-2-6-17(18)19(25)24(20)16-10-8-15(21)9-11-16/h2-3,6-11,14H,4-5,12-13H2,1H3. The number of para-hydroxylation sites is 1. The Morgan fingerprint density at radius 1 is 1.12 bits per heavy atom. The highest BCUT2D eigenvalue weighted by molar-refractivity contribution is 6.30. The van der Waals surface area contributed by atoms with Crippen LogP contribution in [0.3, 0.4) is 0 Å². The van der Waals surface area contributed by atoms with E-state index in [2.05, 4.69) is 11.8 Å². The van der Waals surface area contributed by atoms with Gasteiger partial charge in [-0.3, -0.25) is 4.79 Å². The Kier molecular flexibility index (Phi) is 4.22. The third-order valence-corrected chi connectivity index (χ3v) is 5.03. The Bertz CT molecular complexity index is 965. The number of rotatable bonds is 2. The van der Waals surface area contributed by atoms with E-state index in [-0.39, 0.29) is 5.56 Å². The highest BCUT2D eigenvalue weighted by Gasteiger charge is 2.22. The maximum atomic E-state index is 13.2. The van der Waals surface area contributed by atoms with E-state index in [9.17, 15) is 4.79 Å². The minimum atomic E-state index is -0.0406. The minimum Gasteiger partial charge on any atom is -0.342 e. The van der Waals surface area contributed by atoms with Crippen molar-refractivity contribution in [3.63, 3.8) is 0 Å². The Labute approximate surface area is 151 Å². The highest BCUT2D eigenvalue weighted by Crippen LogP contribution is 2.25. The summed E-state index contributed by atoms with van der Waals surface area (Å²) in [5.74, 6) is 1.31. The molecule has 3 aromatic rings. The normalized spacial score (nSPS) is 17.8. The molecular formula is C20H20ClN3O. The number of fused-ring (bicyclic) bond motifs is 1. The number of nitrogens with zero attached hydrogens (tertiary/aromatic N) is 3. The molecule has 0 amide bonds. The average Bonchev–Trinajstić information content (AvgIpc) is 2.63. The van der Waals surface area contributed by atoms with E-state index in [4.69, 9.17) is 16.6 Å². The number of piperidine rings is 1. The maximum absolute atomic E-state index is 13.2. The summed E-state index contributed by atoms with van der Waals surface area (Å²) in [6.07, 6.45) is 2.33. The van der Waals surface area contributed by atoms with Gasteiger partial charge in [0.25, 0.3) is 5.56 Å². The van der Waals surface area contributed by atoms with Crippen LogP contribution in [0.2, 0.25) is 5.02 Å². The summed E-state index contributed by atoms with van der Waals surface area (Å²) in [5.41, 5.74) is 1.49. The molecule has 4 rings (SSSR count). The summed E-state index contributed by atoms with van der Waals surface area (Å²) in [6.45, 7) is 4.08. The Balaban J connectivity index is 1.97. The summed E-state index contributed by atoms with van der Waals surface area (Å²) in [6, 6.07) is 14.9. The van der Waals surface area contributed by atoms with Crippen LogP contribution in [0.5, 0.6) is 0 Å². The lowest BCUT2D eigenvalue weighted by Gasteiger charge is -2.33. The summed E-state index contributed by atoms with van der Waals surface area (Å²) in [5, 5.41) is 1.28. The van der Waals surface area contributed by atoms with E-state index < -0.39 is 0 Å². The Hall–Kier alpha value is -2.33. The second-order valence-electron chi connectivity index (χ2n) is 6.74. The van der Waals surface area contributed by atoms with Crippen LogP contribution in [-0.2, 0) is 0 Å². The molecule has 1 atom stereocenters. The third kappa shape index (κ3) is 3.02. The molecule has 25 heavy (non-hydrogen) atoms. The quantitative estimate of drug-likeness (QED) is 0.690. The largest absolute Gasteiger partial charge is 0.342 e. The summed E-state index contributed by atoms with van der Waals surface area (Å²) >= 11 is 6.03. The summed E-state index contributed by atoms with van der Waals surface area (Å²) in [7, 11) is 0. The second kappa shape index (κ2) is 6.52. The fourth-order valence-electron chi connectivity index (χ4n) is 3.53. The van der Waals surface area contributed by atoms with E-state index in [1.54, 1.807) is 16.7 Å². The zero-order valence-electron chi connectivity index (χ0n) is 14.2. The van der Waals surface area contributed by atoms with Crippen LogP contribution in [0, 0.1) is 5.92 Å². The van der Waals surface area contributed by atoms with Gasteiger partial charge in [0.1, 0.15) is 0 Å². The first-order valence-electron chi connectivity index (χ1n) is 8.66. The number of aromatic nitrogens is 2. The van der Waals surface area contributed by atoms with Gasteiger partial charge in [0.15, 0.2) is 0 Å². The first-order chi connectivity index (χ1) is 12.1. The van der Waals surface area contributed by atoms with Crippen molar-refractivity contribution in [1.82, 2.24) is 9.55 Å². The molecule has 1 fully saturated rings. The molecule has 2 heterocycles. The third-order valence-electron chi connectivity index (χ3n) is 4.78. The number of benzene rings is 2. The molecule has 0 bridgehead atoms. The molecule has 5 heteroatoms. The van der Waals surface area contributed by atoms with Crippen LogP contribution in [0.25, 0.3) is 16.6 Å². The van der Waals surface area contributed by atoms with Crippen molar-refractivity contribution < 1.29 is 0 Å². The van der Waals surface area contributed by atoms with Crippen molar-refractivity contribution in [3.8, 4) is 5.69 Å². The highest BCUT2D eigenvalue weighted by atomic mass is 35.5. The zero-order chi connectivity index (χ0) is 17.4. The lowest BCUT2D eigenvalue weighted by atomic mass is 10.0. The zero-order valence-corrected chi connectivity index (χ0v) is 14.9. The van der Waals surface area contributed by atoms with Crippen LogP contribution in [-0.4, -0.2) is 22.6 Å². The molecule has 0 saturated carbocycles. The van der Waals surface area contributed by atoms with Gasteiger partial charge in [0.05, 0.1) is 16.6 Å². The van der Waals surface area contributed by atoms with Crippen LogP contribution in [0.15, 0.2) is 53.3 Å². The van der Waals surface area contributed by atoms with E-state index in [0.717, 1.165) is 36.7 Å². The fraction of sp³-hybridized carbons (Fsp3) is 0.300. The molecule has 2 aromatic carbocycles. The van der Waals surface area contributed by atoms with Gasteiger partial charge in [-0.25, -0.2) is 9.55 Å². The molecule has 1 saturated heterocycles. The Morgan fingerprint density at radius 3 is 2.64 bits per heavy atom. The van der Waals surface area contributed by atoms with Gasteiger partial charge in [-0.15, -0.1) is 0 Å². The smallest absolute Gasteiger partial charge is 0.267 e. The predicted molar refractivity (Wildman–Crippen MR) is 103 cm³/mol. The molecule has 0 spiro atoms. The molecule has 1 unspecified atom stereocenters. The first-order valence-corrected chi connectivity index (χ1v) is 9.04. The van der Waals surface area contributed by atoms with Crippen molar-refractivity contribution in [3.05, 3.63) is 63.9 Å². The maximum Gasteiger partial charge on any atom is 0.267 e. The van der Waals surface area contributed by atoms with Gasteiger partial charge in [-0.05, 0) is 55.2 Å². The summed E-state index contributed by atoms with van der Waals surface area (Å²) in [4.78, 5) is 20.3. The van der Waals surface area contributed by atoms with Crippen LogP contribution < -0.4 is 10.5 Å². The number of anilines is 1. The molecule has 1 aromatic heterocycles. The average molecular weight is 354 g/mol. The van der Waals surface area contributed by atoms with Gasteiger partial charge in [-0.1, -0.05) is 30.7 Å². The number of halogens is 1. The molecule has 0 aliphatic carbocycles. The number of hydrogen-bond acceptors (Lipinski definition) is 3. The van der Waals surface area contributed by atoms with Gasteiger partial charge in [0.2, 0.25) is 5.95 Å². The van der Waals surface area contributed by atoms with Gasteiger partial charge < -0.3 is 4.90 Å². The lowest BCUT2D eigenvalue weighted by Crippen LogP contribution is -2.39. The number of hydrogen-bond donors (Lipinski definition) is 0. The molecule has 4 nitrogen and oxygen atoms in total. The van der Waals surface area contributed by atoms with Gasteiger partial charge in [0, 0.05) is 18.1 Å². The van der Waals surface area contributed by atoms with Crippen LogP contribution in [0.4, 0.5) is 5.95 Å². The second-order valence-corrected chi connectivity index (χ2v) is 7.18. The van der Waals surface area contributed by atoms with E-state index in [1.807, 2.05) is 36.4 Å². The monoisotopic (exact) mass is 353 g/mol. The van der Waals surface area contributed by atoms with Crippen LogP contribution >= 0.6 is 11.6 Å². The molecule has 128 valence electrons.